The zero-order chi connectivity index (χ0) is 19.7. The number of nitro benzene ring substituents is 1. The lowest BCUT2D eigenvalue weighted by Crippen LogP contribution is -2.07. The van der Waals surface area contributed by atoms with Gasteiger partial charge in [0.15, 0.2) is 5.78 Å². The van der Waals surface area contributed by atoms with E-state index in [1.54, 1.807) is 12.1 Å². The van der Waals surface area contributed by atoms with Crippen LogP contribution in [0.2, 0.25) is 0 Å². The summed E-state index contributed by atoms with van der Waals surface area (Å²) in [6.07, 6.45) is 7.43. The van der Waals surface area contributed by atoms with Crippen LogP contribution in [0.5, 0.6) is 0 Å². The molecule has 0 spiro atoms. The van der Waals surface area contributed by atoms with E-state index < -0.39 is 10.8 Å². The molecule has 1 aliphatic carbocycles. The minimum absolute atomic E-state index is 0.120. The number of fused-ring (bicyclic) bond motifs is 1. The standard InChI is InChI=1S/C22H20N2O4/c25-21(16-8-6-15(7-9-16)14-4-2-1-3-5-14)13-19-18-12-17(24(27)28)10-11-20(18)23-22(19)26/h6-14H,1-5H2,(H,23,26)/b19-13+. The summed E-state index contributed by atoms with van der Waals surface area (Å²) in [6, 6.07) is 11.7. The van der Waals surface area contributed by atoms with Gasteiger partial charge in [0.25, 0.3) is 11.6 Å². The molecule has 2 aromatic rings. The van der Waals surface area contributed by atoms with Gasteiger partial charge >= 0.3 is 0 Å². The van der Waals surface area contributed by atoms with Crippen molar-refractivity contribution in [2.45, 2.75) is 38.0 Å². The molecule has 1 amide bonds. The van der Waals surface area contributed by atoms with Crippen molar-refractivity contribution in [2.75, 3.05) is 5.32 Å². The summed E-state index contributed by atoms with van der Waals surface area (Å²) in [5, 5.41) is 13.6. The predicted molar refractivity (Wildman–Crippen MR) is 106 cm³/mol. The Labute approximate surface area is 162 Å². The number of benzene rings is 2. The molecule has 1 aliphatic heterocycles. The van der Waals surface area contributed by atoms with Crippen LogP contribution in [-0.4, -0.2) is 16.6 Å². The fourth-order valence-electron chi connectivity index (χ4n) is 4.00. The zero-order valence-electron chi connectivity index (χ0n) is 15.3. The molecule has 2 aliphatic rings. The van der Waals surface area contributed by atoms with Crippen molar-refractivity contribution in [2.24, 2.45) is 0 Å². The Morgan fingerprint density at radius 1 is 1.07 bits per heavy atom. The van der Waals surface area contributed by atoms with Gasteiger partial charge in [0.2, 0.25) is 0 Å². The molecule has 1 heterocycles. The highest BCUT2D eigenvalue weighted by Crippen LogP contribution is 2.35. The summed E-state index contributed by atoms with van der Waals surface area (Å²) in [6.45, 7) is 0. The highest BCUT2D eigenvalue weighted by Gasteiger charge is 2.27. The SMILES string of the molecule is O=C1Nc2ccc([N+](=O)[O-])cc2/C1=C\C(=O)c1ccc(C2CCCCC2)cc1. The van der Waals surface area contributed by atoms with Crippen LogP contribution in [0, 0.1) is 10.1 Å². The Hall–Kier alpha value is -3.28. The van der Waals surface area contributed by atoms with Gasteiger partial charge in [0.1, 0.15) is 0 Å². The smallest absolute Gasteiger partial charge is 0.270 e. The van der Waals surface area contributed by atoms with E-state index in [0.717, 1.165) is 0 Å². The van der Waals surface area contributed by atoms with Crippen molar-refractivity contribution in [1.82, 2.24) is 0 Å². The summed E-state index contributed by atoms with van der Waals surface area (Å²) in [4.78, 5) is 35.4. The van der Waals surface area contributed by atoms with E-state index in [4.69, 9.17) is 0 Å². The molecule has 0 radical (unpaired) electrons. The maximum atomic E-state index is 12.7. The van der Waals surface area contributed by atoms with Gasteiger partial charge in [-0.3, -0.25) is 19.7 Å². The summed E-state index contributed by atoms with van der Waals surface area (Å²) in [5.74, 6) is -0.160. The lowest BCUT2D eigenvalue weighted by atomic mass is 9.84. The molecular weight excluding hydrogens is 356 g/mol. The molecule has 0 bridgehead atoms. The van der Waals surface area contributed by atoms with Crippen molar-refractivity contribution in [3.05, 3.63) is 75.3 Å². The number of non-ortho nitro benzene ring substituents is 1. The van der Waals surface area contributed by atoms with Crippen LogP contribution in [0.3, 0.4) is 0 Å². The van der Waals surface area contributed by atoms with Gasteiger partial charge < -0.3 is 5.32 Å². The predicted octanol–water partition coefficient (Wildman–Crippen LogP) is 4.86. The van der Waals surface area contributed by atoms with Gasteiger partial charge in [0.05, 0.1) is 10.5 Å². The molecular formula is C22H20N2O4. The minimum atomic E-state index is -0.521. The minimum Gasteiger partial charge on any atom is -0.321 e. The number of anilines is 1. The number of hydrogen-bond donors (Lipinski definition) is 1. The quantitative estimate of drug-likeness (QED) is 0.357. The molecule has 28 heavy (non-hydrogen) atoms. The highest BCUT2D eigenvalue weighted by atomic mass is 16.6. The molecule has 1 saturated carbocycles. The number of hydrogen-bond acceptors (Lipinski definition) is 4. The zero-order valence-corrected chi connectivity index (χ0v) is 15.3. The van der Waals surface area contributed by atoms with Crippen LogP contribution < -0.4 is 5.32 Å². The molecule has 1 N–H and O–H groups in total. The summed E-state index contributed by atoms with van der Waals surface area (Å²) < 4.78 is 0. The number of carbonyl (C=O) groups is 2. The molecule has 6 nitrogen and oxygen atoms in total. The Balaban J connectivity index is 1.59. The maximum absolute atomic E-state index is 12.7. The number of allylic oxidation sites excluding steroid dienone is 1. The van der Waals surface area contributed by atoms with Crippen molar-refractivity contribution in [3.8, 4) is 0 Å². The molecule has 6 heteroatoms. The van der Waals surface area contributed by atoms with E-state index in [1.165, 1.54) is 61.9 Å². The molecule has 142 valence electrons. The van der Waals surface area contributed by atoms with E-state index in [9.17, 15) is 19.7 Å². The second-order valence-corrected chi connectivity index (χ2v) is 7.32. The monoisotopic (exact) mass is 376 g/mol. The average Bonchev–Trinajstić information content (AvgIpc) is 3.03. The summed E-state index contributed by atoms with van der Waals surface area (Å²) >= 11 is 0. The van der Waals surface area contributed by atoms with Crippen LogP contribution in [0.1, 0.15) is 59.5 Å². The molecule has 0 saturated heterocycles. The number of carbonyl (C=O) groups excluding carboxylic acids is 2. The van der Waals surface area contributed by atoms with Crippen molar-refractivity contribution in [3.63, 3.8) is 0 Å². The number of nitrogens with one attached hydrogen (secondary N) is 1. The summed E-state index contributed by atoms with van der Waals surface area (Å²) in [5.41, 5.74) is 2.64. The Kier molecular flexibility index (Phi) is 4.77. The third-order valence-electron chi connectivity index (χ3n) is 5.54. The van der Waals surface area contributed by atoms with Gasteiger partial charge in [-0.25, -0.2) is 0 Å². The normalized spacial score (nSPS) is 18.0. The number of nitro groups is 1. The Morgan fingerprint density at radius 3 is 2.46 bits per heavy atom. The third-order valence-corrected chi connectivity index (χ3v) is 5.54. The fourth-order valence-corrected chi connectivity index (χ4v) is 4.00. The second kappa shape index (κ2) is 7.38. The highest BCUT2D eigenvalue weighted by molar-refractivity contribution is 6.35. The first-order valence-corrected chi connectivity index (χ1v) is 9.49. The lowest BCUT2D eigenvalue weighted by Gasteiger charge is -2.21. The maximum Gasteiger partial charge on any atom is 0.270 e. The van der Waals surface area contributed by atoms with Gasteiger partial charge in [-0.1, -0.05) is 43.5 Å². The third kappa shape index (κ3) is 3.45. The van der Waals surface area contributed by atoms with Gasteiger partial charge in [-0.2, -0.15) is 0 Å². The van der Waals surface area contributed by atoms with E-state index >= 15 is 0 Å². The molecule has 0 atom stereocenters. The van der Waals surface area contributed by atoms with Crippen LogP contribution in [0.25, 0.3) is 5.57 Å². The Bertz CT molecular complexity index is 986. The molecule has 0 aromatic heterocycles. The van der Waals surface area contributed by atoms with E-state index in [-0.39, 0.29) is 17.0 Å². The number of ketones is 1. The molecule has 0 unspecified atom stereocenters. The van der Waals surface area contributed by atoms with Crippen LogP contribution in [0.15, 0.2) is 48.5 Å². The van der Waals surface area contributed by atoms with E-state index in [0.29, 0.717) is 22.7 Å². The first kappa shape index (κ1) is 18.1. The van der Waals surface area contributed by atoms with Crippen LogP contribution >= 0.6 is 0 Å². The average molecular weight is 376 g/mol. The van der Waals surface area contributed by atoms with Crippen LogP contribution in [0.4, 0.5) is 11.4 Å². The largest absolute Gasteiger partial charge is 0.321 e. The number of rotatable bonds is 4. The van der Waals surface area contributed by atoms with Crippen molar-refractivity contribution in [1.29, 1.82) is 0 Å². The van der Waals surface area contributed by atoms with Crippen molar-refractivity contribution < 1.29 is 14.5 Å². The number of nitrogens with zero attached hydrogens (tertiary/aromatic N) is 1. The molecule has 4 rings (SSSR count). The first-order valence-electron chi connectivity index (χ1n) is 9.49. The molecule has 1 fully saturated rings. The van der Waals surface area contributed by atoms with Gasteiger partial charge in [0, 0.05) is 28.9 Å². The van der Waals surface area contributed by atoms with E-state index in [1.807, 2.05) is 12.1 Å². The topological polar surface area (TPSA) is 89.3 Å². The second-order valence-electron chi connectivity index (χ2n) is 7.32. The molecule has 2 aromatic carbocycles. The lowest BCUT2D eigenvalue weighted by molar-refractivity contribution is -0.384. The van der Waals surface area contributed by atoms with Gasteiger partial charge in [-0.05, 0) is 36.5 Å². The number of amides is 1. The van der Waals surface area contributed by atoms with Crippen LogP contribution in [-0.2, 0) is 4.79 Å². The summed E-state index contributed by atoms with van der Waals surface area (Å²) in [7, 11) is 0. The van der Waals surface area contributed by atoms with Gasteiger partial charge in [-0.15, -0.1) is 0 Å². The fraction of sp³-hybridized carbons (Fsp3) is 0.273. The first-order chi connectivity index (χ1) is 13.5. The Morgan fingerprint density at radius 2 is 1.79 bits per heavy atom. The van der Waals surface area contributed by atoms with E-state index in [2.05, 4.69) is 5.32 Å². The van der Waals surface area contributed by atoms with Crippen molar-refractivity contribution >= 4 is 28.6 Å².